The second kappa shape index (κ2) is 9.25. The van der Waals surface area contributed by atoms with Gasteiger partial charge in [-0.3, -0.25) is 9.59 Å². The highest BCUT2D eigenvalue weighted by molar-refractivity contribution is 5.72. The van der Waals surface area contributed by atoms with Crippen LogP contribution in [0.3, 0.4) is 0 Å². The van der Waals surface area contributed by atoms with Gasteiger partial charge in [0.05, 0.1) is 18.4 Å². The lowest BCUT2D eigenvalue weighted by molar-refractivity contribution is -0.162. The molecule has 28 heavy (non-hydrogen) atoms. The van der Waals surface area contributed by atoms with Crippen molar-refractivity contribution in [3.63, 3.8) is 0 Å². The summed E-state index contributed by atoms with van der Waals surface area (Å²) in [6.07, 6.45) is 10.6. The summed E-state index contributed by atoms with van der Waals surface area (Å²) in [5, 5.41) is 9.86. The molecule has 0 aromatic rings. The van der Waals surface area contributed by atoms with Gasteiger partial charge in [-0.15, -0.1) is 0 Å². The highest BCUT2D eigenvalue weighted by Crippen LogP contribution is 2.44. The normalized spacial score (nSPS) is 36.1. The van der Waals surface area contributed by atoms with Crippen LogP contribution >= 0.6 is 0 Å². The highest BCUT2D eigenvalue weighted by atomic mass is 16.5. The molecule has 0 amide bonds. The minimum atomic E-state index is -0.593. The Kier molecular flexibility index (Phi) is 6.97. The molecule has 0 aromatic heterocycles. The van der Waals surface area contributed by atoms with Gasteiger partial charge in [-0.2, -0.15) is 0 Å². The van der Waals surface area contributed by atoms with Gasteiger partial charge in [-0.05, 0) is 49.5 Å². The second-order valence-electron chi connectivity index (χ2n) is 8.76. The van der Waals surface area contributed by atoms with Crippen LogP contribution < -0.4 is 0 Å². The summed E-state index contributed by atoms with van der Waals surface area (Å²) in [5.74, 6) is 0.426. The van der Waals surface area contributed by atoms with Gasteiger partial charge >= 0.3 is 11.9 Å². The second-order valence-corrected chi connectivity index (χ2v) is 8.76. The van der Waals surface area contributed by atoms with Crippen molar-refractivity contribution in [2.45, 2.75) is 84.0 Å². The maximum absolute atomic E-state index is 12.4. The summed E-state index contributed by atoms with van der Waals surface area (Å²) in [6, 6.07) is 0. The lowest BCUT2D eigenvalue weighted by Gasteiger charge is -2.42. The van der Waals surface area contributed by atoms with Crippen molar-refractivity contribution in [1.29, 1.82) is 0 Å². The molecule has 0 aromatic carbocycles. The lowest BCUT2D eigenvalue weighted by atomic mass is 9.66. The molecule has 1 saturated heterocycles. The maximum Gasteiger partial charge on any atom is 0.308 e. The molecule has 0 spiro atoms. The van der Waals surface area contributed by atoms with E-state index in [-0.39, 0.29) is 42.4 Å². The van der Waals surface area contributed by atoms with E-state index in [4.69, 9.17) is 9.47 Å². The first-order valence-electron chi connectivity index (χ1n) is 10.8. The fourth-order valence-corrected chi connectivity index (χ4v) is 4.80. The fourth-order valence-electron chi connectivity index (χ4n) is 4.80. The Morgan fingerprint density at radius 2 is 2.18 bits per heavy atom. The molecule has 0 radical (unpaired) electrons. The number of fused-ring (bicyclic) bond motifs is 1. The fraction of sp³-hybridized carbons (Fsp3) is 0.739. The quantitative estimate of drug-likeness (QED) is 0.695. The van der Waals surface area contributed by atoms with Crippen molar-refractivity contribution in [2.75, 3.05) is 0 Å². The van der Waals surface area contributed by atoms with Crippen molar-refractivity contribution in [1.82, 2.24) is 0 Å². The summed E-state index contributed by atoms with van der Waals surface area (Å²) < 4.78 is 11.4. The van der Waals surface area contributed by atoms with Crippen molar-refractivity contribution in [3.8, 4) is 0 Å². The third-order valence-electron chi connectivity index (χ3n) is 6.69. The van der Waals surface area contributed by atoms with Gasteiger partial charge in [0.2, 0.25) is 0 Å². The number of aliphatic hydroxyl groups is 1. The minimum absolute atomic E-state index is 0.0764. The molecule has 7 atom stereocenters. The number of cyclic esters (lactones) is 1. The van der Waals surface area contributed by atoms with Crippen molar-refractivity contribution < 1.29 is 24.2 Å². The summed E-state index contributed by atoms with van der Waals surface area (Å²) in [4.78, 5) is 24.1. The Morgan fingerprint density at radius 3 is 2.89 bits per heavy atom. The smallest absolute Gasteiger partial charge is 0.308 e. The molecule has 1 aliphatic heterocycles. The van der Waals surface area contributed by atoms with Gasteiger partial charge in [0, 0.05) is 12.3 Å². The standard InChI is InChI=1S/C23H34O5/c1-4-14(2)23(26)28-20-7-5-6-16-9-8-15(3)19(22(16)20)11-10-18-12-17(24)13-21(25)27-18/h6,8-9,14-15,17-20,22,24H,4-5,7,10-13H2,1-3H3/t14-,15+,17+,18+,19-,20-,22+/m0/s1. The van der Waals surface area contributed by atoms with E-state index in [1.807, 2.05) is 13.8 Å². The topological polar surface area (TPSA) is 72.8 Å². The van der Waals surface area contributed by atoms with Crippen LogP contribution in [-0.2, 0) is 19.1 Å². The van der Waals surface area contributed by atoms with Crippen LogP contribution in [0.2, 0.25) is 0 Å². The molecule has 1 N–H and O–H groups in total. The summed E-state index contributed by atoms with van der Waals surface area (Å²) >= 11 is 0. The molecule has 1 fully saturated rings. The zero-order chi connectivity index (χ0) is 20.3. The van der Waals surface area contributed by atoms with Gasteiger partial charge in [0.1, 0.15) is 12.2 Å². The average Bonchev–Trinajstić information content (AvgIpc) is 2.66. The van der Waals surface area contributed by atoms with E-state index in [2.05, 4.69) is 25.2 Å². The summed E-state index contributed by atoms with van der Waals surface area (Å²) in [7, 11) is 0. The van der Waals surface area contributed by atoms with E-state index in [0.717, 1.165) is 32.1 Å². The van der Waals surface area contributed by atoms with E-state index < -0.39 is 6.10 Å². The van der Waals surface area contributed by atoms with Gasteiger partial charge in [-0.1, -0.05) is 39.0 Å². The summed E-state index contributed by atoms with van der Waals surface area (Å²) in [5.41, 5.74) is 1.27. The molecule has 5 nitrogen and oxygen atoms in total. The summed E-state index contributed by atoms with van der Waals surface area (Å²) in [6.45, 7) is 6.14. The number of hydrogen-bond acceptors (Lipinski definition) is 5. The SMILES string of the molecule is CC[C@H](C)C(=O)O[C@H]1CCC=C2C=C[C@@H](C)[C@H](CC[C@@H]3C[C@@H](O)CC(=O)O3)[C@@H]21. The monoisotopic (exact) mass is 390 g/mol. The molecule has 156 valence electrons. The molecule has 0 saturated carbocycles. The minimum Gasteiger partial charge on any atom is -0.462 e. The Morgan fingerprint density at radius 1 is 1.39 bits per heavy atom. The number of ether oxygens (including phenoxy) is 2. The van der Waals surface area contributed by atoms with Crippen LogP contribution in [0.25, 0.3) is 0 Å². The Balaban J connectivity index is 1.70. The van der Waals surface area contributed by atoms with Crippen LogP contribution in [0.1, 0.15) is 65.7 Å². The highest BCUT2D eigenvalue weighted by Gasteiger charge is 2.40. The van der Waals surface area contributed by atoms with Crippen LogP contribution in [-0.4, -0.2) is 35.4 Å². The van der Waals surface area contributed by atoms with E-state index in [1.165, 1.54) is 5.57 Å². The van der Waals surface area contributed by atoms with Crippen molar-refractivity contribution in [2.24, 2.45) is 23.7 Å². The number of carbonyl (C=O) groups excluding carboxylic acids is 2. The van der Waals surface area contributed by atoms with E-state index in [1.54, 1.807) is 0 Å². The van der Waals surface area contributed by atoms with Gasteiger partial charge < -0.3 is 14.6 Å². The lowest BCUT2D eigenvalue weighted by Crippen LogP contribution is -2.40. The first-order valence-corrected chi connectivity index (χ1v) is 10.8. The third kappa shape index (κ3) is 4.86. The Labute approximate surface area is 168 Å². The molecule has 3 rings (SSSR count). The van der Waals surface area contributed by atoms with Crippen molar-refractivity contribution >= 4 is 11.9 Å². The van der Waals surface area contributed by atoms with Crippen molar-refractivity contribution in [3.05, 3.63) is 23.8 Å². The molecule has 0 bridgehead atoms. The van der Waals surface area contributed by atoms with Crippen LogP contribution in [0.15, 0.2) is 23.8 Å². The number of hydrogen-bond donors (Lipinski definition) is 1. The molecular formula is C23H34O5. The zero-order valence-electron chi connectivity index (χ0n) is 17.3. The van der Waals surface area contributed by atoms with Gasteiger partial charge in [0.25, 0.3) is 0 Å². The molecule has 1 heterocycles. The Bertz CT molecular complexity index is 637. The van der Waals surface area contributed by atoms with Crippen LogP contribution in [0.4, 0.5) is 0 Å². The number of allylic oxidation sites excluding steroid dienone is 3. The number of carbonyl (C=O) groups is 2. The maximum atomic E-state index is 12.4. The van der Waals surface area contributed by atoms with Gasteiger partial charge in [0.15, 0.2) is 0 Å². The van der Waals surface area contributed by atoms with E-state index in [9.17, 15) is 14.7 Å². The molecule has 5 heteroatoms. The predicted molar refractivity (Wildman–Crippen MR) is 106 cm³/mol. The van der Waals surface area contributed by atoms with E-state index >= 15 is 0 Å². The number of rotatable bonds is 6. The Hall–Kier alpha value is -1.62. The molecule has 0 unspecified atom stereocenters. The molecular weight excluding hydrogens is 356 g/mol. The van der Waals surface area contributed by atoms with Crippen LogP contribution in [0.5, 0.6) is 0 Å². The van der Waals surface area contributed by atoms with Gasteiger partial charge in [-0.25, -0.2) is 0 Å². The zero-order valence-corrected chi connectivity index (χ0v) is 17.3. The molecule has 2 aliphatic carbocycles. The first kappa shape index (κ1) is 21.1. The average molecular weight is 391 g/mol. The predicted octanol–water partition coefficient (Wildman–Crippen LogP) is 3.95. The number of aliphatic hydroxyl groups excluding tert-OH is 1. The van der Waals surface area contributed by atoms with Crippen LogP contribution in [0, 0.1) is 23.7 Å². The largest absolute Gasteiger partial charge is 0.462 e. The van der Waals surface area contributed by atoms with E-state index in [0.29, 0.717) is 18.3 Å². The molecule has 3 aliphatic rings. The third-order valence-corrected chi connectivity index (χ3v) is 6.69. The number of esters is 2. The first-order chi connectivity index (χ1) is 13.4.